The molecule has 3 heteroatoms. The number of nitrogens with one attached hydrogen (secondary N) is 1. The van der Waals surface area contributed by atoms with Crippen molar-refractivity contribution in [3.05, 3.63) is 34.9 Å². The summed E-state index contributed by atoms with van der Waals surface area (Å²) in [6, 6.07) is 8.68. The van der Waals surface area contributed by atoms with Gasteiger partial charge in [-0.15, -0.1) is 0 Å². The van der Waals surface area contributed by atoms with Gasteiger partial charge < -0.3 is 10.2 Å². The molecule has 2 nitrogen and oxygen atoms in total. The Bertz CT molecular complexity index is 435. The van der Waals surface area contributed by atoms with Gasteiger partial charge in [0.05, 0.1) is 0 Å². The van der Waals surface area contributed by atoms with Gasteiger partial charge in [0.25, 0.3) is 0 Å². The van der Waals surface area contributed by atoms with E-state index in [1.165, 1.54) is 18.5 Å². The third-order valence-corrected chi connectivity index (χ3v) is 4.75. The molecule has 0 aliphatic heterocycles. The van der Waals surface area contributed by atoms with Crippen molar-refractivity contribution >= 4 is 11.6 Å². The van der Waals surface area contributed by atoms with Crippen LogP contribution in [0.5, 0.6) is 0 Å². The highest BCUT2D eigenvalue weighted by atomic mass is 35.5. The van der Waals surface area contributed by atoms with Crippen LogP contribution in [0.4, 0.5) is 0 Å². The Morgan fingerprint density at radius 3 is 2.81 bits per heavy atom. The number of benzene rings is 1. The highest BCUT2D eigenvalue weighted by Gasteiger charge is 2.33. The van der Waals surface area contributed by atoms with Crippen LogP contribution in [-0.4, -0.2) is 31.6 Å². The van der Waals surface area contributed by atoms with E-state index >= 15 is 0 Å². The van der Waals surface area contributed by atoms with Crippen molar-refractivity contribution in [2.75, 3.05) is 26.7 Å². The van der Waals surface area contributed by atoms with Gasteiger partial charge >= 0.3 is 0 Å². The number of halogens is 1. The van der Waals surface area contributed by atoms with Crippen LogP contribution in [0.2, 0.25) is 5.02 Å². The second-order valence-electron chi connectivity index (χ2n) is 6.59. The maximum atomic E-state index is 6.14. The van der Waals surface area contributed by atoms with E-state index in [-0.39, 0.29) is 0 Å². The maximum absolute atomic E-state index is 6.14. The van der Waals surface area contributed by atoms with Crippen LogP contribution in [0.15, 0.2) is 24.3 Å². The van der Waals surface area contributed by atoms with Crippen LogP contribution >= 0.6 is 11.6 Å². The Kier molecular flexibility index (Phi) is 6.53. The van der Waals surface area contributed by atoms with Crippen LogP contribution in [0.3, 0.4) is 0 Å². The first-order chi connectivity index (χ1) is 10.1. The average Bonchev–Trinajstić information content (AvgIpc) is 3.14. The van der Waals surface area contributed by atoms with Crippen LogP contribution in [0, 0.1) is 11.8 Å². The van der Waals surface area contributed by atoms with Gasteiger partial charge in [0.1, 0.15) is 0 Å². The van der Waals surface area contributed by atoms with Gasteiger partial charge in [0.2, 0.25) is 0 Å². The minimum atomic E-state index is 0.405. The predicted molar refractivity (Wildman–Crippen MR) is 91.9 cm³/mol. The second-order valence-corrected chi connectivity index (χ2v) is 7.02. The molecular formula is C18H29ClN2. The van der Waals surface area contributed by atoms with E-state index in [1.54, 1.807) is 0 Å². The van der Waals surface area contributed by atoms with Crippen LogP contribution in [0.1, 0.15) is 44.7 Å². The van der Waals surface area contributed by atoms with Crippen molar-refractivity contribution in [1.29, 1.82) is 0 Å². The van der Waals surface area contributed by atoms with Crippen LogP contribution in [0.25, 0.3) is 0 Å². The van der Waals surface area contributed by atoms with Crippen LogP contribution in [-0.2, 0) is 0 Å². The molecule has 1 N–H and O–H groups in total. The summed E-state index contributed by atoms with van der Waals surface area (Å²) in [4.78, 5) is 2.49. The van der Waals surface area contributed by atoms with Crippen molar-refractivity contribution in [2.24, 2.45) is 11.8 Å². The fourth-order valence-corrected chi connectivity index (χ4v) is 3.12. The molecule has 1 aliphatic rings. The largest absolute Gasteiger partial charge is 0.310 e. The molecule has 0 amide bonds. The third-order valence-electron chi connectivity index (χ3n) is 4.51. The van der Waals surface area contributed by atoms with E-state index in [1.807, 2.05) is 12.1 Å². The van der Waals surface area contributed by atoms with E-state index in [0.717, 1.165) is 42.8 Å². The summed E-state index contributed by atoms with van der Waals surface area (Å²) in [5, 5.41) is 4.49. The smallest absolute Gasteiger partial charge is 0.0409 e. The molecule has 21 heavy (non-hydrogen) atoms. The molecule has 0 saturated heterocycles. The summed E-state index contributed by atoms with van der Waals surface area (Å²) in [7, 11) is 2.25. The van der Waals surface area contributed by atoms with Gasteiger partial charge in [0, 0.05) is 17.6 Å². The molecule has 1 saturated carbocycles. The molecule has 0 spiro atoms. The topological polar surface area (TPSA) is 15.3 Å². The Morgan fingerprint density at radius 1 is 1.43 bits per heavy atom. The van der Waals surface area contributed by atoms with Crippen LogP contribution < -0.4 is 5.32 Å². The van der Waals surface area contributed by atoms with Gasteiger partial charge in [-0.05, 0) is 68.9 Å². The van der Waals surface area contributed by atoms with Gasteiger partial charge in [-0.1, -0.05) is 37.6 Å². The summed E-state index contributed by atoms with van der Waals surface area (Å²) in [5.74, 6) is 1.87. The summed E-state index contributed by atoms with van der Waals surface area (Å²) in [5.41, 5.74) is 1.31. The Labute approximate surface area is 134 Å². The Hall–Kier alpha value is -0.570. The van der Waals surface area contributed by atoms with Gasteiger partial charge in [-0.3, -0.25) is 0 Å². The Morgan fingerprint density at radius 2 is 2.19 bits per heavy atom. The highest BCUT2D eigenvalue weighted by Crippen LogP contribution is 2.38. The molecule has 0 heterocycles. The van der Waals surface area contributed by atoms with Crippen molar-refractivity contribution in [3.8, 4) is 0 Å². The zero-order valence-corrected chi connectivity index (χ0v) is 14.4. The normalized spacial score (nSPS) is 22.5. The SMILES string of the molecule is CCCNC(CCN(C)CC1CC1C)c1cccc(Cl)c1. The minimum Gasteiger partial charge on any atom is -0.310 e. The monoisotopic (exact) mass is 308 g/mol. The predicted octanol–water partition coefficient (Wildman–Crippen LogP) is 4.36. The summed E-state index contributed by atoms with van der Waals surface area (Å²) < 4.78 is 0. The molecule has 0 radical (unpaired) electrons. The first-order valence-electron chi connectivity index (χ1n) is 8.27. The maximum Gasteiger partial charge on any atom is 0.0409 e. The minimum absolute atomic E-state index is 0.405. The number of rotatable bonds is 9. The fraction of sp³-hybridized carbons (Fsp3) is 0.667. The highest BCUT2D eigenvalue weighted by molar-refractivity contribution is 6.30. The number of hydrogen-bond acceptors (Lipinski definition) is 2. The molecule has 1 fully saturated rings. The standard InChI is InChI=1S/C18H29ClN2/c1-4-9-20-18(15-6-5-7-17(19)12-15)8-10-21(3)13-16-11-14(16)2/h5-7,12,14,16,18,20H,4,8-11,13H2,1-3H3. The van der Waals surface area contributed by atoms with Gasteiger partial charge in [-0.25, -0.2) is 0 Å². The Balaban J connectivity index is 1.86. The quantitative estimate of drug-likeness (QED) is 0.729. The van der Waals surface area contributed by atoms with Crippen molar-refractivity contribution in [3.63, 3.8) is 0 Å². The van der Waals surface area contributed by atoms with E-state index in [2.05, 4.69) is 43.2 Å². The van der Waals surface area contributed by atoms with E-state index < -0.39 is 0 Å². The zero-order valence-electron chi connectivity index (χ0n) is 13.6. The van der Waals surface area contributed by atoms with Crippen molar-refractivity contribution in [1.82, 2.24) is 10.2 Å². The molecule has 2 rings (SSSR count). The fourth-order valence-electron chi connectivity index (χ4n) is 2.92. The second kappa shape index (κ2) is 8.17. The zero-order chi connectivity index (χ0) is 15.2. The van der Waals surface area contributed by atoms with E-state index in [0.29, 0.717) is 6.04 Å². The third kappa shape index (κ3) is 5.61. The molecule has 1 aliphatic carbocycles. The number of hydrogen-bond donors (Lipinski definition) is 1. The first-order valence-corrected chi connectivity index (χ1v) is 8.65. The van der Waals surface area contributed by atoms with Crippen molar-refractivity contribution < 1.29 is 0 Å². The van der Waals surface area contributed by atoms with Gasteiger partial charge in [-0.2, -0.15) is 0 Å². The molecule has 1 aromatic carbocycles. The van der Waals surface area contributed by atoms with E-state index in [9.17, 15) is 0 Å². The summed E-state index contributed by atoms with van der Waals surface area (Å²) >= 11 is 6.14. The summed E-state index contributed by atoms with van der Waals surface area (Å²) in [6.45, 7) is 8.01. The molecule has 1 aromatic rings. The molecule has 0 bridgehead atoms. The molecular weight excluding hydrogens is 280 g/mol. The lowest BCUT2D eigenvalue weighted by Crippen LogP contribution is -2.29. The summed E-state index contributed by atoms with van der Waals surface area (Å²) in [6.07, 6.45) is 3.71. The molecule has 3 atom stereocenters. The lowest BCUT2D eigenvalue weighted by Gasteiger charge is -2.23. The van der Waals surface area contributed by atoms with Crippen molar-refractivity contribution in [2.45, 2.75) is 39.2 Å². The van der Waals surface area contributed by atoms with Gasteiger partial charge in [0.15, 0.2) is 0 Å². The van der Waals surface area contributed by atoms with E-state index in [4.69, 9.17) is 11.6 Å². The number of nitrogens with zero attached hydrogens (tertiary/aromatic N) is 1. The average molecular weight is 309 g/mol. The first kappa shape index (κ1) is 16.8. The molecule has 3 unspecified atom stereocenters. The molecule has 118 valence electrons. The lowest BCUT2D eigenvalue weighted by molar-refractivity contribution is 0.292. The lowest BCUT2D eigenvalue weighted by atomic mass is 10.0. The molecule has 0 aromatic heterocycles.